The summed E-state index contributed by atoms with van der Waals surface area (Å²) < 4.78 is 5.83. The zero-order valence-corrected chi connectivity index (χ0v) is 9.75. The van der Waals surface area contributed by atoms with Crippen LogP contribution in [0.15, 0.2) is 23.0 Å². The normalized spacial score (nSPS) is 10.5. The van der Waals surface area contributed by atoms with E-state index in [1.807, 2.05) is 0 Å². The number of aromatic amines is 1. The van der Waals surface area contributed by atoms with Gasteiger partial charge in [0.25, 0.3) is 0 Å². The molecule has 0 unspecified atom stereocenters. The predicted octanol–water partition coefficient (Wildman–Crippen LogP) is 0.123. The van der Waals surface area contributed by atoms with E-state index in [9.17, 15) is 14.4 Å². The number of H-pyrrole nitrogens is 1. The number of carbonyl (C=O) groups is 2. The quantitative estimate of drug-likeness (QED) is 0.723. The van der Waals surface area contributed by atoms with Crippen LogP contribution in [0.1, 0.15) is 10.4 Å². The molecule has 100 valence electrons. The lowest BCUT2D eigenvalue weighted by molar-refractivity contribution is 0.0698. The molecule has 0 spiro atoms. The number of fused-ring (bicyclic) bond motifs is 1. The van der Waals surface area contributed by atoms with E-state index < -0.39 is 17.8 Å². The SMILES string of the molecule is NC(=O)OCCn1c(=O)[nH]c2c(C(=O)O)cccc21. The van der Waals surface area contributed by atoms with Gasteiger partial charge in [-0.15, -0.1) is 0 Å². The number of primary amides is 1. The zero-order valence-electron chi connectivity index (χ0n) is 9.75. The fourth-order valence-electron chi connectivity index (χ4n) is 1.82. The molecule has 0 radical (unpaired) electrons. The molecule has 0 aliphatic heterocycles. The molecule has 0 aliphatic rings. The van der Waals surface area contributed by atoms with Crippen LogP contribution in [-0.4, -0.2) is 33.3 Å². The minimum absolute atomic E-state index is 0.00386. The van der Waals surface area contributed by atoms with Crippen LogP contribution in [0, 0.1) is 0 Å². The van der Waals surface area contributed by atoms with Crippen LogP contribution in [0.2, 0.25) is 0 Å². The van der Waals surface area contributed by atoms with Crippen molar-refractivity contribution in [3.63, 3.8) is 0 Å². The second kappa shape index (κ2) is 4.84. The van der Waals surface area contributed by atoms with Crippen LogP contribution in [0.3, 0.4) is 0 Å². The van der Waals surface area contributed by atoms with Crippen molar-refractivity contribution < 1.29 is 19.4 Å². The molecule has 1 aromatic heterocycles. The molecule has 0 saturated heterocycles. The number of benzene rings is 1. The molecule has 2 aromatic rings. The standard InChI is InChI=1S/C11H11N3O5/c12-10(17)19-5-4-14-7-3-1-2-6(9(15)16)8(7)13-11(14)18/h1-3H,4-5H2,(H2,12,17)(H,13,18)(H,15,16). The van der Waals surface area contributed by atoms with E-state index >= 15 is 0 Å². The number of aromatic carboxylic acids is 1. The van der Waals surface area contributed by atoms with E-state index in [0.717, 1.165) is 0 Å². The predicted molar refractivity (Wildman–Crippen MR) is 65.1 cm³/mol. The van der Waals surface area contributed by atoms with Crippen molar-refractivity contribution in [1.82, 2.24) is 9.55 Å². The van der Waals surface area contributed by atoms with Gasteiger partial charge in [0.15, 0.2) is 0 Å². The summed E-state index contributed by atoms with van der Waals surface area (Å²) in [5, 5.41) is 9.01. The van der Waals surface area contributed by atoms with E-state index in [1.165, 1.54) is 16.7 Å². The highest BCUT2D eigenvalue weighted by Crippen LogP contribution is 2.15. The first-order valence-electron chi connectivity index (χ1n) is 5.37. The van der Waals surface area contributed by atoms with Gasteiger partial charge in [-0.1, -0.05) is 6.07 Å². The van der Waals surface area contributed by atoms with Gasteiger partial charge in [-0.2, -0.15) is 0 Å². The van der Waals surface area contributed by atoms with Crippen LogP contribution in [0.25, 0.3) is 11.0 Å². The van der Waals surface area contributed by atoms with Crippen molar-refractivity contribution in [3.05, 3.63) is 34.2 Å². The largest absolute Gasteiger partial charge is 0.478 e. The van der Waals surface area contributed by atoms with E-state index in [2.05, 4.69) is 9.72 Å². The average Bonchev–Trinajstić information content (AvgIpc) is 2.65. The summed E-state index contributed by atoms with van der Waals surface area (Å²) in [5.41, 5.74) is 5.00. The Kier molecular flexibility index (Phi) is 3.23. The number of nitrogens with two attached hydrogens (primary N) is 1. The van der Waals surface area contributed by atoms with E-state index in [4.69, 9.17) is 10.8 Å². The lowest BCUT2D eigenvalue weighted by Gasteiger charge is -2.03. The molecular formula is C11H11N3O5. The number of nitrogens with zero attached hydrogens (tertiary/aromatic N) is 1. The molecule has 0 atom stereocenters. The molecule has 19 heavy (non-hydrogen) atoms. The van der Waals surface area contributed by atoms with E-state index in [1.54, 1.807) is 6.07 Å². The number of rotatable bonds is 4. The van der Waals surface area contributed by atoms with Crippen molar-refractivity contribution in [3.8, 4) is 0 Å². The number of hydrogen-bond acceptors (Lipinski definition) is 4. The number of nitrogens with one attached hydrogen (secondary N) is 1. The first-order chi connectivity index (χ1) is 9.00. The van der Waals surface area contributed by atoms with Crippen molar-refractivity contribution in [2.45, 2.75) is 6.54 Å². The number of hydrogen-bond donors (Lipinski definition) is 3. The lowest BCUT2D eigenvalue weighted by Crippen LogP contribution is -2.22. The summed E-state index contributed by atoms with van der Waals surface area (Å²) in [6.07, 6.45) is -0.931. The van der Waals surface area contributed by atoms with E-state index in [0.29, 0.717) is 5.52 Å². The Balaban J connectivity index is 2.42. The Morgan fingerprint density at radius 2 is 2.16 bits per heavy atom. The molecule has 0 aliphatic carbocycles. The maximum Gasteiger partial charge on any atom is 0.404 e. The maximum absolute atomic E-state index is 11.7. The molecule has 2 rings (SSSR count). The molecule has 1 amide bonds. The third kappa shape index (κ3) is 2.41. The van der Waals surface area contributed by atoms with Gasteiger partial charge in [-0.3, -0.25) is 4.57 Å². The smallest absolute Gasteiger partial charge is 0.404 e. The number of aromatic nitrogens is 2. The molecule has 1 heterocycles. The second-order valence-corrected chi connectivity index (χ2v) is 3.75. The highest BCUT2D eigenvalue weighted by Gasteiger charge is 2.14. The molecule has 8 heteroatoms. The topological polar surface area (TPSA) is 127 Å². The number of ether oxygens (including phenoxy) is 1. The number of amides is 1. The Bertz CT molecular complexity index is 700. The van der Waals surface area contributed by atoms with Crippen LogP contribution >= 0.6 is 0 Å². The fraction of sp³-hybridized carbons (Fsp3) is 0.182. The van der Waals surface area contributed by atoms with Gasteiger partial charge in [0.2, 0.25) is 0 Å². The summed E-state index contributed by atoms with van der Waals surface area (Å²) in [4.78, 5) is 35.7. The number of imidazole rings is 1. The van der Waals surface area contributed by atoms with Gasteiger partial charge in [0.1, 0.15) is 6.61 Å². The summed E-state index contributed by atoms with van der Waals surface area (Å²) in [6, 6.07) is 4.53. The Hall–Kier alpha value is -2.77. The summed E-state index contributed by atoms with van der Waals surface area (Å²) in [6.45, 7) is 0.0182. The van der Waals surface area contributed by atoms with Crippen molar-refractivity contribution in [2.24, 2.45) is 5.73 Å². The highest BCUT2D eigenvalue weighted by molar-refractivity contribution is 6.00. The maximum atomic E-state index is 11.7. The van der Waals surface area contributed by atoms with Crippen molar-refractivity contribution >= 4 is 23.1 Å². The minimum atomic E-state index is -1.13. The third-order valence-electron chi connectivity index (χ3n) is 2.60. The summed E-state index contributed by atoms with van der Waals surface area (Å²) >= 11 is 0. The number of carbonyl (C=O) groups excluding carboxylic acids is 1. The van der Waals surface area contributed by atoms with Crippen LogP contribution in [0.5, 0.6) is 0 Å². The first kappa shape index (κ1) is 12.7. The molecule has 0 saturated carbocycles. The zero-order chi connectivity index (χ0) is 14.0. The highest BCUT2D eigenvalue weighted by atomic mass is 16.5. The monoisotopic (exact) mass is 265 g/mol. The molecule has 8 nitrogen and oxygen atoms in total. The Morgan fingerprint density at radius 3 is 2.79 bits per heavy atom. The van der Waals surface area contributed by atoms with Gasteiger partial charge >= 0.3 is 17.8 Å². The van der Waals surface area contributed by atoms with Crippen molar-refractivity contribution in [2.75, 3.05) is 6.61 Å². The molecule has 0 bridgehead atoms. The minimum Gasteiger partial charge on any atom is -0.478 e. The Labute approximate surface area is 106 Å². The van der Waals surface area contributed by atoms with Gasteiger partial charge < -0.3 is 20.6 Å². The third-order valence-corrected chi connectivity index (χ3v) is 2.60. The van der Waals surface area contributed by atoms with Gasteiger partial charge in [-0.05, 0) is 12.1 Å². The number of carboxylic acids is 1. The average molecular weight is 265 g/mol. The van der Waals surface area contributed by atoms with Gasteiger partial charge in [0, 0.05) is 0 Å². The van der Waals surface area contributed by atoms with Crippen LogP contribution in [0.4, 0.5) is 4.79 Å². The van der Waals surface area contributed by atoms with Crippen LogP contribution < -0.4 is 11.4 Å². The van der Waals surface area contributed by atoms with Gasteiger partial charge in [0.05, 0.1) is 23.1 Å². The second-order valence-electron chi connectivity index (χ2n) is 3.75. The summed E-state index contributed by atoms with van der Waals surface area (Å²) in [5.74, 6) is -1.13. The number of para-hydroxylation sites is 1. The Morgan fingerprint density at radius 1 is 1.42 bits per heavy atom. The van der Waals surface area contributed by atoms with Crippen molar-refractivity contribution in [1.29, 1.82) is 0 Å². The summed E-state index contributed by atoms with van der Waals surface area (Å²) in [7, 11) is 0. The molecule has 1 aromatic carbocycles. The van der Waals surface area contributed by atoms with Crippen LogP contribution in [-0.2, 0) is 11.3 Å². The first-order valence-corrected chi connectivity index (χ1v) is 5.37. The lowest BCUT2D eigenvalue weighted by atomic mass is 10.2. The van der Waals surface area contributed by atoms with E-state index in [-0.39, 0.29) is 24.2 Å². The molecule has 4 N–H and O–H groups in total. The molecular weight excluding hydrogens is 254 g/mol. The molecule has 0 fully saturated rings. The number of carboxylic acid groups (broad SMARTS) is 1. The van der Waals surface area contributed by atoms with Gasteiger partial charge in [-0.25, -0.2) is 14.4 Å². The fourth-order valence-corrected chi connectivity index (χ4v) is 1.82.